The van der Waals surface area contributed by atoms with Crippen molar-refractivity contribution in [2.45, 2.75) is 44.8 Å². The van der Waals surface area contributed by atoms with Crippen LogP contribution in [0.5, 0.6) is 0 Å². The van der Waals surface area contributed by atoms with Crippen molar-refractivity contribution in [3.05, 3.63) is 29.8 Å². The highest BCUT2D eigenvalue weighted by Gasteiger charge is 2.23. The highest BCUT2D eigenvalue weighted by molar-refractivity contribution is 7.16. The molecule has 7 nitrogen and oxygen atoms in total. The van der Waals surface area contributed by atoms with Gasteiger partial charge in [0.05, 0.1) is 11.6 Å². The zero-order valence-electron chi connectivity index (χ0n) is 16.6. The van der Waals surface area contributed by atoms with E-state index in [4.69, 9.17) is 9.97 Å². The van der Waals surface area contributed by atoms with E-state index in [1.54, 1.807) is 0 Å². The van der Waals surface area contributed by atoms with Crippen LogP contribution in [0, 0.1) is 0 Å². The molecule has 0 radical (unpaired) electrons. The molecule has 0 aliphatic carbocycles. The third-order valence-corrected chi connectivity index (χ3v) is 6.58. The SMILES string of the molecule is C[C@H]1CCCN1c1cccc(Nc2nc(N3CCCC(O)C3)nc3scnc23)c1. The van der Waals surface area contributed by atoms with Crippen molar-refractivity contribution in [2.24, 2.45) is 0 Å². The fraction of sp³-hybridized carbons (Fsp3) is 0.476. The van der Waals surface area contributed by atoms with Crippen molar-refractivity contribution in [1.82, 2.24) is 15.0 Å². The summed E-state index contributed by atoms with van der Waals surface area (Å²) in [5, 5.41) is 13.5. The fourth-order valence-electron chi connectivity index (χ4n) is 4.33. The minimum absolute atomic E-state index is 0.319. The van der Waals surface area contributed by atoms with Crippen molar-refractivity contribution in [3.63, 3.8) is 0 Å². The van der Waals surface area contributed by atoms with Gasteiger partial charge in [0.15, 0.2) is 10.6 Å². The Bertz CT molecular complexity index is 1010. The maximum atomic E-state index is 10.0. The lowest BCUT2D eigenvalue weighted by atomic mass is 10.1. The largest absolute Gasteiger partial charge is 0.391 e. The first kappa shape index (κ1) is 18.6. The van der Waals surface area contributed by atoms with Crippen LogP contribution in [0.1, 0.15) is 32.6 Å². The molecule has 0 saturated carbocycles. The topological polar surface area (TPSA) is 77.4 Å². The first-order valence-corrected chi connectivity index (χ1v) is 11.2. The first-order valence-electron chi connectivity index (χ1n) is 10.4. The second-order valence-electron chi connectivity index (χ2n) is 7.98. The molecule has 2 aliphatic rings. The molecule has 5 rings (SSSR count). The molecule has 2 N–H and O–H groups in total. The lowest BCUT2D eigenvalue weighted by Crippen LogP contribution is -2.39. The summed E-state index contributed by atoms with van der Waals surface area (Å²) in [6.07, 6.45) is 3.96. The summed E-state index contributed by atoms with van der Waals surface area (Å²) in [7, 11) is 0. The molecule has 0 amide bonds. The van der Waals surface area contributed by atoms with Gasteiger partial charge in [0.1, 0.15) is 5.52 Å². The summed E-state index contributed by atoms with van der Waals surface area (Å²) >= 11 is 1.52. The number of nitrogens with zero attached hydrogens (tertiary/aromatic N) is 5. The summed E-state index contributed by atoms with van der Waals surface area (Å²) in [5.74, 6) is 1.38. The maximum absolute atomic E-state index is 10.0. The van der Waals surface area contributed by atoms with Crippen LogP contribution in [-0.2, 0) is 0 Å². The second kappa shape index (κ2) is 7.76. The zero-order chi connectivity index (χ0) is 19.8. The van der Waals surface area contributed by atoms with Gasteiger partial charge in [0.2, 0.25) is 5.95 Å². The molecule has 2 atom stereocenters. The summed E-state index contributed by atoms with van der Waals surface area (Å²) in [4.78, 5) is 19.4. The third-order valence-electron chi connectivity index (χ3n) is 5.86. The number of rotatable bonds is 4. The van der Waals surface area contributed by atoms with Crippen molar-refractivity contribution in [1.29, 1.82) is 0 Å². The summed E-state index contributed by atoms with van der Waals surface area (Å²) in [6.45, 7) is 4.83. The standard InChI is InChI=1S/C21H26N6OS/c1-14-5-3-10-27(14)16-7-2-6-15(11-16)23-19-18-20(29-13-22-18)25-21(24-19)26-9-4-8-17(28)12-26/h2,6-7,11,13-14,17,28H,3-5,8-10,12H2,1H3,(H,23,24,25)/t14-,17?/m0/s1. The molecule has 2 aliphatic heterocycles. The van der Waals surface area contributed by atoms with Gasteiger partial charge >= 0.3 is 0 Å². The number of hydrogen-bond donors (Lipinski definition) is 2. The number of aliphatic hydroxyl groups is 1. The Labute approximate surface area is 174 Å². The van der Waals surface area contributed by atoms with Gasteiger partial charge in [-0.25, -0.2) is 4.98 Å². The Balaban J connectivity index is 1.46. The van der Waals surface area contributed by atoms with Crippen LogP contribution in [0.2, 0.25) is 0 Å². The first-order chi connectivity index (χ1) is 14.2. The lowest BCUT2D eigenvalue weighted by molar-refractivity contribution is 0.153. The van der Waals surface area contributed by atoms with Crippen LogP contribution < -0.4 is 15.1 Å². The highest BCUT2D eigenvalue weighted by atomic mass is 32.1. The molecule has 2 aromatic heterocycles. The second-order valence-corrected chi connectivity index (χ2v) is 8.81. The predicted molar refractivity (Wildman–Crippen MR) is 118 cm³/mol. The Hall–Kier alpha value is -2.45. The summed E-state index contributed by atoms with van der Waals surface area (Å²) < 4.78 is 0. The van der Waals surface area contributed by atoms with Crippen LogP contribution in [0.25, 0.3) is 10.3 Å². The molecule has 2 saturated heterocycles. The Morgan fingerprint density at radius 2 is 2.07 bits per heavy atom. The minimum atomic E-state index is -0.319. The summed E-state index contributed by atoms with van der Waals surface area (Å²) in [5.41, 5.74) is 4.83. The van der Waals surface area contributed by atoms with E-state index in [-0.39, 0.29) is 6.10 Å². The molecule has 4 heterocycles. The van der Waals surface area contributed by atoms with Crippen LogP contribution >= 0.6 is 11.3 Å². The monoisotopic (exact) mass is 410 g/mol. The normalized spacial score (nSPS) is 22.4. The Morgan fingerprint density at radius 1 is 1.17 bits per heavy atom. The maximum Gasteiger partial charge on any atom is 0.228 e. The van der Waals surface area contributed by atoms with Gasteiger partial charge in [0, 0.05) is 37.1 Å². The predicted octanol–water partition coefficient (Wildman–Crippen LogP) is 3.78. The lowest BCUT2D eigenvalue weighted by Gasteiger charge is -2.30. The molecule has 29 heavy (non-hydrogen) atoms. The molecule has 1 unspecified atom stereocenters. The molecule has 0 bridgehead atoms. The van der Waals surface area contributed by atoms with Gasteiger partial charge in [-0.05, 0) is 50.8 Å². The van der Waals surface area contributed by atoms with E-state index in [0.29, 0.717) is 18.5 Å². The van der Waals surface area contributed by atoms with E-state index in [1.807, 2.05) is 5.51 Å². The van der Waals surface area contributed by atoms with Crippen molar-refractivity contribution < 1.29 is 5.11 Å². The Morgan fingerprint density at radius 3 is 2.90 bits per heavy atom. The minimum Gasteiger partial charge on any atom is -0.391 e. The molecule has 152 valence electrons. The zero-order valence-corrected chi connectivity index (χ0v) is 17.4. The van der Waals surface area contributed by atoms with Crippen molar-refractivity contribution in [3.8, 4) is 0 Å². The number of anilines is 4. The van der Waals surface area contributed by atoms with Gasteiger partial charge in [-0.1, -0.05) is 6.07 Å². The molecule has 2 fully saturated rings. The fourth-order valence-corrected chi connectivity index (χ4v) is 4.98. The number of piperidine rings is 1. The number of benzene rings is 1. The van der Waals surface area contributed by atoms with E-state index in [1.165, 1.54) is 29.9 Å². The van der Waals surface area contributed by atoms with Crippen LogP contribution in [0.4, 0.5) is 23.1 Å². The number of fused-ring (bicyclic) bond motifs is 1. The molecule has 8 heteroatoms. The number of nitrogens with one attached hydrogen (secondary N) is 1. The summed E-state index contributed by atoms with van der Waals surface area (Å²) in [6, 6.07) is 9.09. The van der Waals surface area contributed by atoms with Crippen molar-refractivity contribution >= 4 is 44.8 Å². The van der Waals surface area contributed by atoms with Crippen LogP contribution in [-0.4, -0.2) is 51.8 Å². The Kier molecular flexibility index (Phi) is 4.97. The van der Waals surface area contributed by atoms with Gasteiger partial charge in [-0.2, -0.15) is 9.97 Å². The average molecular weight is 411 g/mol. The van der Waals surface area contributed by atoms with Gasteiger partial charge in [0.25, 0.3) is 0 Å². The highest BCUT2D eigenvalue weighted by Crippen LogP contribution is 2.31. The number of β-amino-alcohol motifs (C(OH)–C–C–N with tert-alkyl or cyclic N) is 1. The smallest absolute Gasteiger partial charge is 0.228 e. The number of thiazole rings is 1. The van der Waals surface area contributed by atoms with Gasteiger partial charge in [-0.15, -0.1) is 11.3 Å². The molecular weight excluding hydrogens is 384 g/mol. The van der Waals surface area contributed by atoms with E-state index in [0.717, 1.165) is 47.8 Å². The quantitative estimate of drug-likeness (QED) is 0.678. The van der Waals surface area contributed by atoms with E-state index in [2.05, 4.69) is 51.3 Å². The third kappa shape index (κ3) is 3.74. The van der Waals surface area contributed by atoms with E-state index < -0.39 is 0 Å². The van der Waals surface area contributed by atoms with Crippen molar-refractivity contribution in [2.75, 3.05) is 34.8 Å². The van der Waals surface area contributed by atoms with E-state index >= 15 is 0 Å². The molecule has 3 aromatic rings. The average Bonchev–Trinajstić information content (AvgIpc) is 3.37. The molecular formula is C21H26N6OS. The number of aromatic nitrogens is 3. The van der Waals surface area contributed by atoms with Gasteiger partial charge in [-0.3, -0.25) is 0 Å². The van der Waals surface area contributed by atoms with Crippen LogP contribution in [0.3, 0.4) is 0 Å². The number of aliphatic hydroxyl groups excluding tert-OH is 1. The van der Waals surface area contributed by atoms with Crippen LogP contribution in [0.15, 0.2) is 29.8 Å². The van der Waals surface area contributed by atoms with Gasteiger partial charge < -0.3 is 20.2 Å². The molecule has 0 spiro atoms. The van der Waals surface area contributed by atoms with E-state index in [9.17, 15) is 5.11 Å². The number of hydrogen-bond acceptors (Lipinski definition) is 8. The molecule has 1 aromatic carbocycles.